The molecule has 0 aliphatic rings. The van der Waals surface area contributed by atoms with Crippen LogP contribution in [0.3, 0.4) is 0 Å². The Morgan fingerprint density at radius 2 is 1.74 bits per heavy atom. The van der Waals surface area contributed by atoms with E-state index in [4.69, 9.17) is 0 Å². The Balaban J connectivity index is 2.57. The molecule has 1 N–H and O–H groups in total. The summed E-state index contributed by atoms with van der Waals surface area (Å²) in [7, 11) is 1.85. The Bertz CT molecular complexity index is 593. The molecule has 0 fully saturated rings. The lowest BCUT2D eigenvalue weighted by molar-refractivity contribution is 0.619. The van der Waals surface area contributed by atoms with E-state index in [1.807, 2.05) is 20.9 Å². The Hall–Kier alpha value is -1.74. The summed E-state index contributed by atoms with van der Waals surface area (Å²) < 4.78 is 27.3. The molecule has 19 heavy (non-hydrogen) atoms. The van der Waals surface area contributed by atoms with E-state index in [2.05, 4.69) is 5.32 Å². The van der Waals surface area contributed by atoms with Gasteiger partial charge in [0.25, 0.3) is 0 Å². The van der Waals surface area contributed by atoms with Crippen LogP contribution in [-0.4, -0.2) is 7.05 Å². The zero-order valence-electron chi connectivity index (χ0n) is 11.3. The quantitative estimate of drug-likeness (QED) is 0.872. The van der Waals surface area contributed by atoms with Crippen LogP contribution in [0.15, 0.2) is 36.4 Å². The highest BCUT2D eigenvalue weighted by Crippen LogP contribution is 2.29. The Kier molecular flexibility index (Phi) is 3.96. The molecule has 0 spiro atoms. The summed E-state index contributed by atoms with van der Waals surface area (Å²) in [5.41, 5.74) is 2.87. The van der Waals surface area contributed by atoms with Crippen LogP contribution in [0.1, 0.15) is 24.1 Å². The third kappa shape index (κ3) is 2.82. The standard InChI is InChI=1S/C16H17F2N/c1-10-4-6-13(17)9-14(10)15-8-12(11(2)19-3)5-7-16(15)18/h4-9,11,19H,1-3H3. The van der Waals surface area contributed by atoms with E-state index in [9.17, 15) is 8.78 Å². The minimum absolute atomic E-state index is 0.119. The summed E-state index contributed by atoms with van der Waals surface area (Å²) in [5, 5.41) is 3.11. The molecule has 2 aromatic carbocycles. The van der Waals surface area contributed by atoms with Crippen molar-refractivity contribution in [2.24, 2.45) is 0 Å². The number of aryl methyl sites for hydroxylation is 1. The zero-order valence-corrected chi connectivity index (χ0v) is 11.3. The molecular weight excluding hydrogens is 244 g/mol. The van der Waals surface area contributed by atoms with Gasteiger partial charge in [0.1, 0.15) is 11.6 Å². The van der Waals surface area contributed by atoms with E-state index < -0.39 is 0 Å². The van der Waals surface area contributed by atoms with Crippen molar-refractivity contribution in [3.63, 3.8) is 0 Å². The van der Waals surface area contributed by atoms with E-state index in [-0.39, 0.29) is 17.7 Å². The molecule has 2 rings (SSSR count). The van der Waals surface area contributed by atoms with Gasteiger partial charge in [0.2, 0.25) is 0 Å². The van der Waals surface area contributed by atoms with Gasteiger partial charge in [-0.05, 0) is 61.9 Å². The van der Waals surface area contributed by atoms with Crippen molar-refractivity contribution in [2.75, 3.05) is 7.05 Å². The summed E-state index contributed by atoms with van der Waals surface area (Å²) in [6.45, 7) is 3.85. The largest absolute Gasteiger partial charge is 0.313 e. The number of halogens is 2. The first kappa shape index (κ1) is 13.7. The number of rotatable bonds is 3. The summed E-state index contributed by atoms with van der Waals surface area (Å²) in [4.78, 5) is 0. The van der Waals surface area contributed by atoms with Crippen LogP contribution < -0.4 is 5.32 Å². The molecular formula is C16H17F2N. The van der Waals surface area contributed by atoms with Crippen molar-refractivity contribution < 1.29 is 8.78 Å². The third-order valence-electron chi connectivity index (χ3n) is 3.41. The van der Waals surface area contributed by atoms with Gasteiger partial charge in [-0.15, -0.1) is 0 Å². The van der Waals surface area contributed by atoms with Gasteiger partial charge in [-0.25, -0.2) is 8.78 Å². The Morgan fingerprint density at radius 3 is 2.42 bits per heavy atom. The number of nitrogens with one attached hydrogen (secondary N) is 1. The van der Waals surface area contributed by atoms with Crippen LogP contribution >= 0.6 is 0 Å². The molecule has 1 unspecified atom stereocenters. The van der Waals surface area contributed by atoms with Crippen molar-refractivity contribution in [1.82, 2.24) is 5.32 Å². The zero-order chi connectivity index (χ0) is 14.0. The lowest BCUT2D eigenvalue weighted by Crippen LogP contribution is -2.12. The molecule has 2 aromatic rings. The fourth-order valence-electron chi connectivity index (χ4n) is 2.07. The van der Waals surface area contributed by atoms with Crippen LogP contribution in [-0.2, 0) is 0 Å². The lowest BCUT2D eigenvalue weighted by atomic mass is 9.96. The molecule has 1 atom stereocenters. The second-order valence-electron chi connectivity index (χ2n) is 4.71. The molecule has 0 radical (unpaired) electrons. The number of hydrogen-bond acceptors (Lipinski definition) is 1. The maximum absolute atomic E-state index is 14.0. The minimum Gasteiger partial charge on any atom is -0.313 e. The number of benzene rings is 2. The highest BCUT2D eigenvalue weighted by Gasteiger charge is 2.12. The topological polar surface area (TPSA) is 12.0 Å². The second kappa shape index (κ2) is 5.49. The van der Waals surface area contributed by atoms with Gasteiger partial charge < -0.3 is 5.32 Å². The normalized spacial score (nSPS) is 12.5. The average molecular weight is 261 g/mol. The van der Waals surface area contributed by atoms with Gasteiger partial charge in [-0.2, -0.15) is 0 Å². The highest BCUT2D eigenvalue weighted by molar-refractivity contribution is 5.68. The third-order valence-corrected chi connectivity index (χ3v) is 3.41. The number of hydrogen-bond donors (Lipinski definition) is 1. The molecule has 0 aliphatic heterocycles. The predicted molar refractivity (Wildman–Crippen MR) is 74.0 cm³/mol. The summed E-state index contributed by atoms with van der Waals surface area (Å²) >= 11 is 0. The Labute approximate surface area is 112 Å². The maximum atomic E-state index is 14.0. The van der Waals surface area contributed by atoms with Crippen LogP contribution in [0.2, 0.25) is 0 Å². The molecule has 100 valence electrons. The van der Waals surface area contributed by atoms with Crippen LogP contribution in [0.25, 0.3) is 11.1 Å². The molecule has 0 bridgehead atoms. The van der Waals surface area contributed by atoms with Gasteiger partial charge in [0.05, 0.1) is 0 Å². The summed E-state index contributed by atoms with van der Waals surface area (Å²) in [6.07, 6.45) is 0. The van der Waals surface area contributed by atoms with E-state index in [0.717, 1.165) is 11.1 Å². The molecule has 0 heterocycles. The minimum atomic E-state index is -0.355. The molecule has 0 saturated heterocycles. The van der Waals surface area contributed by atoms with Gasteiger partial charge in [-0.1, -0.05) is 12.1 Å². The van der Waals surface area contributed by atoms with E-state index in [1.54, 1.807) is 18.2 Å². The molecule has 0 amide bonds. The summed E-state index contributed by atoms with van der Waals surface area (Å²) in [5.74, 6) is -0.687. The van der Waals surface area contributed by atoms with Crippen molar-refractivity contribution >= 4 is 0 Å². The average Bonchev–Trinajstić information content (AvgIpc) is 2.41. The molecule has 0 saturated carbocycles. The van der Waals surface area contributed by atoms with Gasteiger partial charge in [0, 0.05) is 11.6 Å². The van der Waals surface area contributed by atoms with Crippen molar-refractivity contribution in [1.29, 1.82) is 0 Å². The molecule has 0 aliphatic carbocycles. The second-order valence-corrected chi connectivity index (χ2v) is 4.71. The highest BCUT2D eigenvalue weighted by atomic mass is 19.1. The summed E-state index contributed by atoms with van der Waals surface area (Å²) in [6, 6.07) is 9.50. The first-order chi connectivity index (χ1) is 9.02. The van der Waals surface area contributed by atoms with Gasteiger partial charge in [-0.3, -0.25) is 0 Å². The van der Waals surface area contributed by atoms with Crippen molar-refractivity contribution in [3.05, 3.63) is 59.2 Å². The Morgan fingerprint density at radius 1 is 1.00 bits per heavy atom. The van der Waals surface area contributed by atoms with Crippen LogP contribution in [0.4, 0.5) is 8.78 Å². The van der Waals surface area contributed by atoms with Gasteiger partial charge in [0.15, 0.2) is 0 Å². The van der Waals surface area contributed by atoms with Crippen LogP contribution in [0.5, 0.6) is 0 Å². The van der Waals surface area contributed by atoms with Gasteiger partial charge >= 0.3 is 0 Å². The molecule has 0 aromatic heterocycles. The molecule has 3 heteroatoms. The maximum Gasteiger partial charge on any atom is 0.131 e. The van der Waals surface area contributed by atoms with Crippen molar-refractivity contribution in [3.8, 4) is 11.1 Å². The monoisotopic (exact) mass is 261 g/mol. The van der Waals surface area contributed by atoms with E-state index in [0.29, 0.717) is 11.1 Å². The van der Waals surface area contributed by atoms with Crippen LogP contribution in [0, 0.1) is 18.6 Å². The SMILES string of the molecule is CNC(C)c1ccc(F)c(-c2cc(F)ccc2C)c1. The lowest BCUT2D eigenvalue weighted by Gasteiger charge is -2.14. The first-order valence-electron chi connectivity index (χ1n) is 6.26. The van der Waals surface area contributed by atoms with E-state index in [1.165, 1.54) is 18.2 Å². The first-order valence-corrected chi connectivity index (χ1v) is 6.26. The fourth-order valence-corrected chi connectivity index (χ4v) is 2.07. The van der Waals surface area contributed by atoms with E-state index >= 15 is 0 Å². The predicted octanol–water partition coefficient (Wildman–Crippen LogP) is 4.22. The smallest absolute Gasteiger partial charge is 0.131 e. The van der Waals surface area contributed by atoms with Crippen molar-refractivity contribution in [2.45, 2.75) is 19.9 Å². The fraction of sp³-hybridized carbons (Fsp3) is 0.250. The molecule has 1 nitrogen and oxygen atoms in total.